The minimum absolute atomic E-state index is 0.204. The third kappa shape index (κ3) is 4.06. The summed E-state index contributed by atoms with van der Waals surface area (Å²) in [6.45, 7) is 7.74. The second-order valence-corrected chi connectivity index (χ2v) is 5.43. The van der Waals surface area contributed by atoms with Gasteiger partial charge in [0.05, 0.1) is 12.1 Å². The van der Waals surface area contributed by atoms with Gasteiger partial charge in [0, 0.05) is 13.1 Å². The third-order valence-electron chi connectivity index (χ3n) is 2.55. The second-order valence-electron chi connectivity index (χ2n) is 3.76. The Morgan fingerprint density at radius 2 is 1.73 bits per heavy atom. The maximum absolute atomic E-state index is 11.8. The summed E-state index contributed by atoms with van der Waals surface area (Å²) in [4.78, 5) is 0. The van der Waals surface area contributed by atoms with Gasteiger partial charge in [0.2, 0.25) is 0 Å². The van der Waals surface area contributed by atoms with E-state index in [2.05, 4.69) is 4.72 Å². The van der Waals surface area contributed by atoms with Gasteiger partial charge in [0.15, 0.2) is 0 Å². The van der Waals surface area contributed by atoms with Gasteiger partial charge in [-0.3, -0.25) is 0 Å². The fraction of sp³-hybridized carbons (Fsp3) is 1.00. The van der Waals surface area contributed by atoms with E-state index in [9.17, 15) is 8.42 Å². The van der Waals surface area contributed by atoms with Crippen LogP contribution in [0.5, 0.6) is 0 Å². The molecule has 0 saturated carbocycles. The zero-order valence-corrected chi connectivity index (χ0v) is 10.8. The number of hydrogen-bond donors (Lipinski definition) is 2. The molecule has 0 radical (unpaired) electrons. The first-order valence-electron chi connectivity index (χ1n) is 5.25. The number of rotatable bonds is 7. The maximum Gasteiger partial charge on any atom is 0.280 e. The third-order valence-corrected chi connectivity index (χ3v) is 4.50. The minimum Gasteiger partial charge on any atom is -0.394 e. The van der Waals surface area contributed by atoms with Crippen molar-refractivity contribution in [2.75, 3.05) is 19.7 Å². The van der Waals surface area contributed by atoms with Crippen LogP contribution in [0.25, 0.3) is 0 Å². The largest absolute Gasteiger partial charge is 0.394 e. The van der Waals surface area contributed by atoms with Crippen molar-refractivity contribution in [3.05, 3.63) is 0 Å². The Kier molecular flexibility index (Phi) is 5.72. The lowest BCUT2D eigenvalue weighted by Crippen LogP contribution is -2.53. The summed E-state index contributed by atoms with van der Waals surface area (Å²) < 4.78 is 27.5. The molecule has 0 aromatic heterocycles. The fourth-order valence-electron chi connectivity index (χ4n) is 1.16. The topological polar surface area (TPSA) is 69.6 Å². The first-order valence-corrected chi connectivity index (χ1v) is 6.69. The highest BCUT2D eigenvalue weighted by Crippen LogP contribution is 2.11. The SMILES string of the molecule is CCN(CC)S(=O)(=O)NC(C)(CC)CO. The summed E-state index contributed by atoms with van der Waals surface area (Å²) >= 11 is 0. The Hall–Kier alpha value is -0.170. The van der Waals surface area contributed by atoms with Gasteiger partial charge in [0.1, 0.15) is 0 Å². The smallest absolute Gasteiger partial charge is 0.280 e. The van der Waals surface area contributed by atoms with Gasteiger partial charge in [-0.05, 0) is 13.3 Å². The molecular formula is C9H22N2O3S. The van der Waals surface area contributed by atoms with E-state index in [0.29, 0.717) is 19.5 Å². The molecule has 0 aromatic carbocycles. The number of hydrogen-bond acceptors (Lipinski definition) is 3. The first-order chi connectivity index (χ1) is 6.85. The van der Waals surface area contributed by atoms with Crippen LogP contribution in [0.15, 0.2) is 0 Å². The zero-order valence-electron chi connectivity index (χ0n) is 9.95. The van der Waals surface area contributed by atoms with Crippen LogP contribution in [0.2, 0.25) is 0 Å². The van der Waals surface area contributed by atoms with Gasteiger partial charge < -0.3 is 5.11 Å². The van der Waals surface area contributed by atoms with Gasteiger partial charge in [-0.15, -0.1) is 0 Å². The Labute approximate surface area is 92.7 Å². The van der Waals surface area contributed by atoms with Crippen molar-refractivity contribution < 1.29 is 13.5 Å². The summed E-state index contributed by atoms with van der Waals surface area (Å²) in [5, 5.41) is 9.13. The molecule has 0 bridgehead atoms. The van der Waals surface area contributed by atoms with E-state index < -0.39 is 15.7 Å². The van der Waals surface area contributed by atoms with Crippen molar-refractivity contribution in [1.82, 2.24) is 9.03 Å². The van der Waals surface area contributed by atoms with Crippen molar-refractivity contribution in [3.63, 3.8) is 0 Å². The molecule has 1 atom stereocenters. The van der Waals surface area contributed by atoms with Crippen molar-refractivity contribution in [2.24, 2.45) is 0 Å². The number of nitrogens with one attached hydrogen (secondary N) is 1. The number of aliphatic hydroxyl groups is 1. The lowest BCUT2D eigenvalue weighted by Gasteiger charge is -2.30. The molecular weight excluding hydrogens is 216 g/mol. The monoisotopic (exact) mass is 238 g/mol. The Morgan fingerprint density at radius 1 is 1.27 bits per heavy atom. The molecule has 0 amide bonds. The van der Waals surface area contributed by atoms with E-state index in [4.69, 9.17) is 5.11 Å². The molecule has 0 aliphatic rings. The lowest BCUT2D eigenvalue weighted by molar-refractivity contribution is 0.188. The van der Waals surface area contributed by atoms with E-state index in [0.717, 1.165) is 0 Å². The molecule has 0 spiro atoms. The van der Waals surface area contributed by atoms with Crippen molar-refractivity contribution in [1.29, 1.82) is 0 Å². The van der Waals surface area contributed by atoms with E-state index in [1.807, 2.05) is 6.92 Å². The standard InChI is InChI=1S/C9H22N2O3S/c1-5-9(4,8-12)10-15(13,14)11(6-2)7-3/h10,12H,5-8H2,1-4H3. The van der Waals surface area contributed by atoms with Gasteiger partial charge in [-0.2, -0.15) is 17.4 Å². The van der Waals surface area contributed by atoms with Crippen LogP contribution in [0.1, 0.15) is 34.1 Å². The normalized spacial score (nSPS) is 16.7. The van der Waals surface area contributed by atoms with Gasteiger partial charge in [-0.1, -0.05) is 20.8 Å². The summed E-state index contributed by atoms with van der Waals surface area (Å²) in [6.07, 6.45) is 0.546. The summed E-state index contributed by atoms with van der Waals surface area (Å²) in [5.41, 5.74) is -0.776. The number of nitrogens with zero attached hydrogens (tertiary/aromatic N) is 1. The highest BCUT2D eigenvalue weighted by Gasteiger charge is 2.30. The molecule has 0 aliphatic heterocycles. The van der Waals surface area contributed by atoms with Crippen molar-refractivity contribution >= 4 is 10.2 Å². The molecule has 0 saturated heterocycles. The molecule has 0 rings (SSSR count). The van der Waals surface area contributed by atoms with Crippen LogP contribution < -0.4 is 4.72 Å². The van der Waals surface area contributed by atoms with E-state index in [1.165, 1.54) is 4.31 Å². The van der Waals surface area contributed by atoms with Gasteiger partial charge in [0.25, 0.3) is 10.2 Å². The van der Waals surface area contributed by atoms with E-state index in [1.54, 1.807) is 20.8 Å². The quantitative estimate of drug-likeness (QED) is 0.671. The van der Waals surface area contributed by atoms with Crippen LogP contribution >= 0.6 is 0 Å². The zero-order chi connectivity index (χ0) is 12.1. The average Bonchev–Trinajstić information content (AvgIpc) is 2.18. The summed E-state index contributed by atoms with van der Waals surface area (Å²) in [7, 11) is -3.48. The molecule has 5 nitrogen and oxygen atoms in total. The van der Waals surface area contributed by atoms with Crippen molar-refractivity contribution in [2.45, 2.75) is 39.7 Å². The van der Waals surface area contributed by atoms with E-state index >= 15 is 0 Å². The average molecular weight is 238 g/mol. The molecule has 0 heterocycles. The second kappa shape index (κ2) is 5.79. The Balaban J connectivity index is 4.76. The van der Waals surface area contributed by atoms with Gasteiger partial charge >= 0.3 is 0 Å². The molecule has 6 heteroatoms. The molecule has 0 aliphatic carbocycles. The highest BCUT2D eigenvalue weighted by molar-refractivity contribution is 7.87. The molecule has 1 unspecified atom stereocenters. The van der Waals surface area contributed by atoms with Crippen LogP contribution in [0.4, 0.5) is 0 Å². The van der Waals surface area contributed by atoms with Crippen molar-refractivity contribution in [3.8, 4) is 0 Å². The molecule has 0 fully saturated rings. The van der Waals surface area contributed by atoms with Crippen LogP contribution in [-0.4, -0.2) is 43.1 Å². The first kappa shape index (κ1) is 14.8. The summed E-state index contributed by atoms with van der Waals surface area (Å²) in [5.74, 6) is 0. The van der Waals surface area contributed by atoms with Crippen LogP contribution in [0, 0.1) is 0 Å². The Morgan fingerprint density at radius 3 is 2.00 bits per heavy atom. The predicted octanol–water partition coefficient (Wildman–Crippen LogP) is 0.324. The van der Waals surface area contributed by atoms with Gasteiger partial charge in [-0.25, -0.2) is 0 Å². The van der Waals surface area contributed by atoms with E-state index in [-0.39, 0.29) is 6.61 Å². The molecule has 0 aromatic rings. The highest BCUT2D eigenvalue weighted by atomic mass is 32.2. The molecule has 92 valence electrons. The lowest BCUT2D eigenvalue weighted by atomic mass is 10.0. The minimum atomic E-state index is -3.48. The molecule has 2 N–H and O–H groups in total. The Bertz CT molecular complexity index is 269. The predicted molar refractivity (Wildman–Crippen MR) is 60.8 cm³/mol. The fourth-order valence-corrected chi connectivity index (χ4v) is 2.80. The molecule has 15 heavy (non-hydrogen) atoms. The van der Waals surface area contributed by atoms with Crippen LogP contribution in [-0.2, 0) is 10.2 Å². The maximum atomic E-state index is 11.8. The number of aliphatic hydroxyl groups excluding tert-OH is 1. The summed E-state index contributed by atoms with van der Waals surface area (Å²) in [6, 6.07) is 0. The van der Waals surface area contributed by atoms with Crippen LogP contribution in [0.3, 0.4) is 0 Å².